The Balaban J connectivity index is 2.04. The third-order valence-electron chi connectivity index (χ3n) is 5.31. The smallest absolute Gasteiger partial charge is 0.337 e. The summed E-state index contributed by atoms with van der Waals surface area (Å²) in [5.41, 5.74) is 1.59. The number of benzene rings is 1. The van der Waals surface area contributed by atoms with Crippen LogP contribution in [-0.2, 0) is 9.53 Å². The maximum Gasteiger partial charge on any atom is 0.337 e. The number of methoxy groups -OCH3 is 1. The molecule has 0 unspecified atom stereocenters. The first-order valence-electron chi connectivity index (χ1n) is 10.2. The van der Waals surface area contributed by atoms with Crippen LogP contribution in [0.4, 0.5) is 0 Å². The summed E-state index contributed by atoms with van der Waals surface area (Å²) in [5, 5.41) is 11.5. The van der Waals surface area contributed by atoms with Crippen LogP contribution in [0.1, 0.15) is 48.8 Å². The van der Waals surface area contributed by atoms with Crippen LogP contribution in [-0.4, -0.2) is 71.8 Å². The van der Waals surface area contributed by atoms with E-state index in [1.807, 2.05) is 19.0 Å². The summed E-state index contributed by atoms with van der Waals surface area (Å²) in [6, 6.07) is 5.78. The summed E-state index contributed by atoms with van der Waals surface area (Å²) < 4.78 is 4.75. The van der Waals surface area contributed by atoms with Crippen molar-refractivity contribution in [2.75, 3.05) is 34.3 Å². The number of carbonyl (C=O) groups is 3. The van der Waals surface area contributed by atoms with E-state index in [1.165, 1.54) is 23.3 Å². The average molecular weight is 458 g/mol. The molecule has 170 valence electrons. The van der Waals surface area contributed by atoms with E-state index in [-0.39, 0.29) is 5.57 Å². The Morgan fingerprint density at radius 3 is 2.41 bits per heavy atom. The molecule has 32 heavy (non-hydrogen) atoms. The summed E-state index contributed by atoms with van der Waals surface area (Å²) in [4.78, 5) is 46.5. The molecule has 1 amide bonds. The molecule has 3 rings (SSSR count). The van der Waals surface area contributed by atoms with E-state index in [0.717, 1.165) is 11.6 Å². The Labute approximate surface area is 191 Å². The van der Waals surface area contributed by atoms with Crippen LogP contribution in [0.2, 0.25) is 0 Å². The molecule has 9 heteroatoms. The molecule has 1 aromatic carbocycles. The molecule has 0 fully saturated rings. The molecule has 2 heterocycles. The third-order valence-corrected chi connectivity index (χ3v) is 6.38. The fourth-order valence-corrected chi connectivity index (χ4v) is 4.68. The van der Waals surface area contributed by atoms with Crippen LogP contribution in [0.5, 0.6) is 0 Å². The van der Waals surface area contributed by atoms with Gasteiger partial charge in [0.15, 0.2) is 5.76 Å². The highest BCUT2D eigenvalue weighted by molar-refractivity contribution is 7.14. The highest BCUT2D eigenvalue weighted by atomic mass is 32.1. The van der Waals surface area contributed by atoms with Crippen molar-refractivity contribution in [3.05, 3.63) is 62.3 Å². The number of aryl methyl sites for hydroxylation is 2. The van der Waals surface area contributed by atoms with E-state index >= 15 is 0 Å². The predicted molar refractivity (Wildman–Crippen MR) is 121 cm³/mol. The SMILES string of the molecule is COC(=O)c1ccc([C@@H]2C(C(=O)c3sc(C)nc3C)=C(O)C(=O)N2CCCN(C)C)cc1. The van der Waals surface area contributed by atoms with Gasteiger partial charge in [0.1, 0.15) is 0 Å². The lowest BCUT2D eigenvalue weighted by Gasteiger charge is -2.27. The lowest BCUT2D eigenvalue weighted by atomic mass is 9.94. The number of hydrogen-bond donors (Lipinski definition) is 1. The molecule has 1 N–H and O–H groups in total. The number of amides is 1. The quantitative estimate of drug-likeness (QED) is 0.480. The minimum atomic E-state index is -0.759. The second kappa shape index (κ2) is 9.62. The number of carbonyl (C=O) groups excluding carboxylic acids is 3. The number of aliphatic hydroxyl groups excluding tert-OH is 1. The van der Waals surface area contributed by atoms with Gasteiger partial charge in [-0.1, -0.05) is 12.1 Å². The third kappa shape index (κ3) is 4.58. The molecular weight excluding hydrogens is 430 g/mol. The van der Waals surface area contributed by atoms with Crippen molar-refractivity contribution in [3.63, 3.8) is 0 Å². The van der Waals surface area contributed by atoms with Crippen LogP contribution < -0.4 is 0 Å². The van der Waals surface area contributed by atoms with Crippen LogP contribution in [0.25, 0.3) is 0 Å². The average Bonchev–Trinajstić information content (AvgIpc) is 3.23. The van der Waals surface area contributed by atoms with Gasteiger partial charge >= 0.3 is 5.97 Å². The van der Waals surface area contributed by atoms with E-state index in [9.17, 15) is 19.5 Å². The minimum Gasteiger partial charge on any atom is -0.503 e. The molecule has 1 atom stereocenters. The maximum absolute atomic E-state index is 13.5. The number of aromatic nitrogens is 1. The zero-order valence-corrected chi connectivity index (χ0v) is 19.7. The van der Waals surface area contributed by atoms with Gasteiger partial charge in [-0.25, -0.2) is 9.78 Å². The fraction of sp³-hybridized carbons (Fsp3) is 0.391. The summed E-state index contributed by atoms with van der Waals surface area (Å²) in [6.07, 6.45) is 0.670. The predicted octanol–water partition coefficient (Wildman–Crippen LogP) is 3.08. The van der Waals surface area contributed by atoms with E-state index in [0.29, 0.717) is 34.7 Å². The number of ether oxygens (including phenoxy) is 1. The van der Waals surface area contributed by atoms with E-state index in [2.05, 4.69) is 4.98 Å². The highest BCUT2D eigenvalue weighted by Crippen LogP contribution is 2.40. The normalized spacial score (nSPS) is 16.2. The summed E-state index contributed by atoms with van der Waals surface area (Å²) in [6.45, 7) is 4.65. The van der Waals surface area contributed by atoms with Crippen LogP contribution in [0.3, 0.4) is 0 Å². The van der Waals surface area contributed by atoms with Gasteiger partial charge in [0.25, 0.3) is 5.91 Å². The van der Waals surface area contributed by atoms with Crippen molar-refractivity contribution < 1.29 is 24.2 Å². The van der Waals surface area contributed by atoms with Crippen LogP contribution >= 0.6 is 11.3 Å². The number of hydrogen-bond acceptors (Lipinski definition) is 8. The molecule has 2 aromatic rings. The Morgan fingerprint density at radius 1 is 1.22 bits per heavy atom. The van der Waals surface area contributed by atoms with Gasteiger partial charge in [-0.3, -0.25) is 9.59 Å². The number of aliphatic hydroxyl groups is 1. The van der Waals surface area contributed by atoms with E-state index in [1.54, 1.807) is 38.1 Å². The summed E-state index contributed by atoms with van der Waals surface area (Å²) in [7, 11) is 5.18. The number of Topliss-reactive ketones (excluding diaryl/α,β-unsaturated/α-hetero) is 1. The van der Waals surface area contributed by atoms with Crippen molar-refractivity contribution >= 4 is 29.0 Å². The lowest BCUT2D eigenvalue weighted by molar-refractivity contribution is -0.129. The van der Waals surface area contributed by atoms with Crippen LogP contribution in [0.15, 0.2) is 35.6 Å². The molecule has 0 aliphatic carbocycles. The fourth-order valence-electron chi connectivity index (χ4n) is 3.80. The number of rotatable bonds is 8. The number of nitrogens with zero attached hydrogens (tertiary/aromatic N) is 3. The molecule has 8 nitrogen and oxygen atoms in total. The van der Waals surface area contributed by atoms with Gasteiger partial charge in [0, 0.05) is 6.54 Å². The number of thiazole rings is 1. The molecule has 0 saturated carbocycles. The molecule has 0 spiro atoms. The van der Waals surface area contributed by atoms with Gasteiger partial charge in [0.2, 0.25) is 5.78 Å². The molecule has 1 aromatic heterocycles. The van der Waals surface area contributed by atoms with Gasteiger partial charge in [0.05, 0.1) is 39.9 Å². The highest BCUT2D eigenvalue weighted by Gasteiger charge is 2.44. The molecule has 0 saturated heterocycles. The maximum atomic E-state index is 13.5. The van der Waals surface area contributed by atoms with Gasteiger partial charge in [-0.05, 0) is 58.6 Å². The van der Waals surface area contributed by atoms with Crippen molar-refractivity contribution in [2.24, 2.45) is 0 Å². The van der Waals surface area contributed by atoms with Crippen molar-refractivity contribution in [2.45, 2.75) is 26.3 Å². The van der Waals surface area contributed by atoms with Gasteiger partial charge in [-0.2, -0.15) is 0 Å². The van der Waals surface area contributed by atoms with Crippen LogP contribution in [0, 0.1) is 13.8 Å². The Hall–Kier alpha value is -3.04. The van der Waals surface area contributed by atoms with Gasteiger partial charge < -0.3 is 19.6 Å². The van der Waals surface area contributed by atoms with E-state index < -0.39 is 29.5 Å². The second-order valence-electron chi connectivity index (χ2n) is 7.91. The standard InChI is InChI=1S/C23H27N3O5S/c1-13-21(32-14(2)24-13)19(27)17-18(15-7-9-16(10-8-15)23(30)31-5)26(22(29)20(17)28)12-6-11-25(3)4/h7-10,18,28H,6,11-12H2,1-5H3/t18-/m1/s1. The monoisotopic (exact) mass is 457 g/mol. The Morgan fingerprint density at radius 2 is 1.88 bits per heavy atom. The molecule has 0 radical (unpaired) electrons. The molecular formula is C23H27N3O5S. The largest absolute Gasteiger partial charge is 0.503 e. The molecule has 0 bridgehead atoms. The number of esters is 1. The zero-order valence-electron chi connectivity index (χ0n) is 18.8. The lowest BCUT2D eigenvalue weighted by Crippen LogP contribution is -2.33. The summed E-state index contributed by atoms with van der Waals surface area (Å²) >= 11 is 1.24. The first kappa shape index (κ1) is 23.6. The first-order valence-corrected chi connectivity index (χ1v) is 11.0. The molecule has 1 aliphatic heterocycles. The molecule has 1 aliphatic rings. The zero-order chi connectivity index (χ0) is 23.6. The second-order valence-corrected chi connectivity index (χ2v) is 9.11. The van der Waals surface area contributed by atoms with E-state index in [4.69, 9.17) is 4.74 Å². The van der Waals surface area contributed by atoms with Crippen molar-refractivity contribution in [3.8, 4) is 0 Å². The number of ketones is 1. The summed E-state index contributed by atoms with van der Waals surface area (Å²) in [5.74, 6) is -2.00. The minimum absolute atomic E-state index is 0.0393. The first-order chi connectivity index (χ1) is 15.1. The Bertz CT molecular complexity index is 1070. The van der Waals surface area contributed by atoms with Crippen molar-refractivity contribution in [1.82, 2.24) is 14.8 Å². The van der Waals surface area contributed by atoms with Gasteiger partial charge in [-0.15, -0.1) is 11.3 Å². The Kier molecular flexibility index (Phi) is 7.10. The van der Waals surface area contributed by atoms with Crippen molar-refractivity contribution in [1.29, 1.82) is 0 Å². The topological polar surface area (TPSA) is 100 Å².